The van der Waals surface area contributed by atoms with Crippen molar-refractivity contribution in [3.63, 3.8) is 0 Å². The number of ether oxygens (including phenoxy) is 4. The summed E-state index contributed by atoms with van der Waals surface area (Å²) in [7, 11) is 0. The maximum Gasteiger partial charge on any atom is 0.305 e. The Morgan fingerprint density at radius 3 is 1.33 bits per heavy atom. The van der Waals surface area contributed by atoms with E-state index < -0.39 is 5.79 Å². The van der Waals surface area contributed by atoms with Crippen LogP contribution in [0, 0.1) is 11.8 Å². The van der Waals surface area contributed by atoms with Crippen molar-refractivity contribution in [3.05, 3.63) is 0 Å². The van der Waals surface area contributed by atoms with Crippen molar-refractivity contribution in [1.82, 2.24) is 4.90 Å². The van der Waals surface area contributed by atoms with Gasteiger partial charge in [0.2, 0.25) is 0 Å². The van der Waals surface area contributed by atoms with E-state index in [9.17, 15) is 9.59 Å². The van der Waals surface area contributed by atoms with Gasteiger partial charge in [0.15, 0.2) is 5.79 Å². The molecule has 7 nitrogen and oxygen atoms in total. The first-order valence-electron chi connectivity index (χ1n) is 25.7. The molecular formula is C51H99NO6. The van der Waals surface area contributed by atoms with Gasteiger partial charge in [-0.05, 0) is 69.9 Å². The van der Waals surface area contributed by atoms with Gasteiger partial charge in [-0.1, -0.05) is 183 Å². The van der Waals surface area contributed by atoms with Gasteiger partial charge in [0.05, 0.1) is 25.9 Å². The Morgan fingerprint density at radius 1 is 0.534 bits per heavy atom. The lowest BCUT2D eigenvalue weighted by molar-refractivity contribution is -0.180. The van der Waals surface area contributed by atoms with Gasteiger partial charge in [-0.25, -0.2) is 0 Å². The summed E-state index contributed by atoms with van der Waals surface area (Å²) in [4.78, 5) is 27.4. The van der Waals surface area contributed by atoms with Gasteiger partial charge in [0, 0.05) is 32.2 Å². The van der Waals surface area contributed by atoms with Crippen molar-refractivity contribution in [2.24, 2.45) is 11.8 Å². The van der Waals surface area contributed by atoms with Crippen molar-refractivity contribution in [2.75, 3.05) is 39.5 Å². The second-order valence-corrected chi connectivity index (χ2v) is 18.0. The fourth-order valence-electron chi connectivity index (χ4n) is 8.82. The Kier molecular flexibility index (Phi) is 36.6. The van der Waals surface area contributed by atoms with Crippen molar-refractivity contribution < 1.29 is 28.5 Å². The van der Waals surface area contributed by atoms with Crippen molar-refractivity contribution in [1.29, 1.82) is 0 Å². The van der Waals surface area contributed by atoms with Crippen molar-refractivity contribution in [2.45, 2.75) is 265 Å². The van der Waals surface area contributed by atoms with Crippen molar-refractivity contribution in [3.8, 4) is 0 Å². The first-order chi connectivity index (χ1) is 28.3. The van der Waals surface area contributed by atoms with Crippen LogP contribution >= 0.6 is 0 Å². The summed E-state index contributed by atoms with van der Waals surface area (Å²) in [6.07, 6.45) is 37.5. The van der Waals surface area contributed by atoms with E-state index in [4.69, 9.17) is 18.9 Å². The van der Waals surface area contributed by atoms with E-state index in [1.54, 1.807) is 0 Å². The number of carbonyl (C=O) groups excluding carboxylic acids is 2. The van der Waals surface area contributed by atoms with E-state index in [2.05, 4.69) is 46.4 Å². The third-order valence-corrected chi connectivity index (χ3v) is 12.9. The van der Waals surface area contributed by atoms with Crippen LogP contribution in [-0.4, -0.2) is 68.2 Å². The molecule has 0 amide bonds. The van der Waals surface area contributed by atoms with Crippen LogP contribution in [0.15, 0.2) is 0 Å². The maximum absolute atomic E-state index is 12.5. The van der Waals surface area contributed by atoms with Crippen LogP contribution < -0.4 is 0 Å². The van der Waals surface area contributed by atoms with Gasteiger partial charge in [0.25, 0.3) is 0 Å². The molecule has 0 aliphatic carbocycles. The predicted octanol–water partition coefficient (Wildman–Crippen LogP) is 14.7. The molecule has 0 bridgehead atoms. The fourth-order valence-corrected chi connectivity index (χ4v) is 8.82. The first-order valence-corrected chi connectivity index (χ1v) is 25.7. The van der Waals surface area contributed by atoms with E-state index in [1.165, 1.54) is 103 Å². The fraction of sp³-hybridized carbons (Fsp3) is 0.961. The average molecular weight is 822 g/mol. The predicted molar refractivity (Wildman–Crippen MR) is 245 cm³/mol. The monoisotopic (exact) mass is 822 g/mol. The highest BCUT2D eigenvalue weighted by atomic mass is 16.7. The van der Waals surface area contributed by atoms with E-state index in [0.717, 1.165) is 116 Å². The quantitative estimate of drug-likeness (QED) is 0.0448. The van der Waals surface area contributed by atoms with Crippen LogP contribution in [0.2, 0.25) is 0 Å². The molecule has 1 aliphatic heterocycles. The van der Waals surface area contributed by atoms with Crippen LogP contribution in [0.4, 0.5) is 0 Å². The normalized spacial score (nSPS) is 15.3. The summed E-state index contributed by atoms with van der Waals surface area (Å²) in [6.45, 7) is 18.6. The molecule has 58 heavy (non-hydrogen) atoms. The summed E-state index contributed by atoms with van der Waals surface area (Å²) >= 11 is 0. The molecule has 1 aliphatic rings. The van der Waals surface area contributed by atoms with Crippen LogP contribution in [0.25, 0.3) is 0 Å². The van der Waals surface area contributed by atoms with E-state index >= 15 is 0 Å². The van der Waals surface area contributed by atoms with Gasteiger partial charge in [0.1, 0.15) is 0 Å². The lowest BCUT2D eigenvalue weighted by atomic mass is 9.92. The molecule has 0 radical (unpaired) electrons. The van der Waals surface area contributed by atoms with Crippen LogP contribution in [0.5, 0.6) is 0 Å². The number of hydrogen-bond donors (Lipinski definition) is 0. The molecule has 1 atom stereocenters. The minimum atomic E-state index is -0.461. The van der Waals surface area contributed by atoms with Gasteiger partial charge >= 0.3 is 11.9 Å². The zero-order valence-corrected chi connectivity index (χ0v) is 39.7. The minimum absolute atomic E-state index is 0.0158. The maximum atomic E-state index is 12.5. The van der Waals surface area contributed by atoms with E-state index in [1.807, 2.05) is 0 Å². The summed E-state index contributed by atoms with van der Waals surface area (Å²) in [6, 6.07) is 0. The highest BCUT2D eigenvalue weighted by Gasteiger charge is 2.40. The number of nitrogens with zero attached hydrogens (tertiary/aromatic N) is 1. The second kappa shape index (κ2) is 38.7. The molecule has 0 aromatic heterocycles. The van der Waals surface area contributed by atoms with Crippen LogP contribution in [-0.2, 0) is 28.5 Å². The largest absolute Gasteiger partial charge is 0.466 e. The standard InChI is InChI=1S/C51H99NO6/c1-7-13-23-31-46(32-24-14-8-2)38-43-55-49(53)35-27-19-17-21-29-40-51(57-45-48(58-51)37-42-52(11-5)12-6)41-30-22-18-20-28-36-50(54)56-44-39-47(33-25-15-9-3)34-26-16-10-4/h46-48H,7-45H2,1-6H3. The highest BCUT2D eigenvalue weighted by molar-refractivity contribution is 5.69. The molecule has 1 heterocycles. The number of unbranched alkanes of at least 4 members (excludes halogenated alkanes) is 16. The van der Waals surface area contributed by atoms with E-state index in [-0.39, 0.29) is 18.0 Å². The molecule has 0 saturated carbocycles. The van der Waals surface area contributed by atoms with E-state index in [0.29, 0.717) is 44.5 Å². The lowest BCUT2D eigenvalue weighted by Gasteiger charge is -2.29. The number of rotatable bonds is 43. The molecule has 1 rings (SSSR count). The number of hydrogen-bond acceptors (Lipinski definition) is 7. The highest BCUT2D eigenvalue weighted by Crippen LogP contribution is 2.36. The van der Waals surface area contributed by atoms with Crippen LogP contribution in [0.1, 0.15) is 253 Å². The Bertz CT molecular complexity index is 849. The SMILES string of the molecule is CCCCCC(CCCCC)CCOC(=O)CCCCCCCC1(CCCCCCCC(=O)OCCC(CCCCC)CCCCC)OCC(CCN(CC)CC)O1. The first kappa shape index (κ1) is 54.8. The molecule has 7 heteroatoms. The third kappa shape index (κ3) is 29.9. The Labute approximate surface area is 361 Å². The molecule has 0 aromatic carbocycles. The van der Waals surface area contributed by atoms with Crippen LogP contribution in [0.3, 0.4) is 0 Å². The van der Waals surface area contributed by atoms with Gasteiger partial charge in [-0.3, -0.25) is 9.59 Å². The average Bonchev–Trinajstić information content (AvgIpc) is 3.63. The molecule has 0 N–H and O–H groups in total. The minimum Gasteiger partial charge on any atom is -0.466 e. The third-order valence-electron chi connectivity index (χ3n) is 12.9. The molecule has 344 valence electrons. The zero-order chi connectivity index (χ0) is 42.4. The summed E-state index contributed by atoms with van der Waals surface area (Å²) < 4.78 is 24.6. The smallest absolute Gasteiger partial charge is 0.305 e. The number of esters is 2. The second-order valence-electron chi connectivity index (χ2n) is 18.0. The molecule has 1 saturated heterocycles. The molecular weight excluding hydrogens is 723 g/mol. The summed E-state index contributed by atoms with van der Waals surface area (Å²) in [5.74, 6) is 0.915. The summed E-state index contributed by atoms with van der Waals surface area (Å²) in [5, 5.41) is 0. The Morgan fingerprint density at radius 2 is 0.931 bits per heavy atom. The lowest BCUT2D eigenvalue weighted by Crippen LogP contribution is -2.32. The topological polar surface area (TPSA) is 74.3 Å². The Hall–Kier alpha value is -1.18. The van der Waals surface area contributed by atoms with Gasteiger partial charge in [-0.2, -0.15) is 0 Å². The van der Waals surface area contributed by atoms with Gasteiger partial charge in [-0.15, -0.1) is 0 Å². The molecule has 0 spiro atoms. The Balaban J connectivity index is 2.37. The van der Waals surface area contributed by atoms with Crippen molar-refractivity contribution >= 4 is 11.9 Å². The summed E-state index contributed by atoms with van der Waals surface area (Å²) in [5.41, 5.74) is 0. The molecule has 1 unspecified atom stereocenters. The van der Waals surface area contributed by atoms with Gasteiger partial charge < -0.3 is 23.8 Å². The zero-order valence-electron chi connectivity index (χ0n) is 39.7. The molecule has 1 fully saturated rings. The molecule has 0 aromatic rings. The number of carbonyl (C=O) groups is 2.